The van der Waals surface area contributed by atoms with Gasteiger partial charge in [0, 0.05) is 29.4 Å². The van der Waals surface area contributed by atoms with Crippen LogP contribution < -0.4 is 5.32 Å². The highest BCUT2D eigenvalue weighted by atomic mass is 16.6. The van der Waals surface area contributed by atoms with Gasteiger partial charge in [-0.1, -0.05) is 24.3 Å². The lowest BCUT2D eigenvalue weighted by Gasteiger charge is -2.35. The summed E-state index contributed by atoms with van der Waals surface area (Å²) in [6.07, 6.45) is 0.624. The first-order valence-corrected chi connectivity index (χ1v) is 10.2. The van der Waals surface area contributed by atoms with Crippen LogP contribution in [0.4, 0.5) is 4.79 Å². The van der Waals surface area contributed by atoms with Gasteiger partial charge in [0.05, 0.1) is 18.7 Å². The summed E-state index contributed by atoms with van der Waals surface area (Å²) in [5.41, 5.74) is 0.612. The van der Waals surface area contributed by atoms with Crippen molar-refractivity contribution in [2.45, 2.75) is 58.8 Å². The van der Waals surface area contributed by atoms with Gasteiger partial charge in [0.25, 0.3) is 5.91 Å². The minimum absolute atomic E-state index is 0.156. The summed E-state index contributed by atoms with van der Waals surface area (Å²) in [7, 11) is 0. The minimum Gasteiger partial charge on any atom is -0.444 e. The standard InChI is InChI=1S/C23H31N3O4/c1-15-16-9-7-8-10-17(16)18(13-24-15)23(5,6)25-20(27)19-14-26(11-12-29-19)21(28)30-22(2,3)4/h7-10,13,19H,11-12,14H2,1-6H3,(H,25,27)/t19-/m0/s1. The second-order valence-electron chi connectivity index (χ2n) is 9.20. The molecule has 0 spiro atoms. The monoisotopic (exact) mass is 413 g/mol. The second-order valence-corrected chi connectivity index (χ2v) is 9.20. The average molecular weight is 414 g/mol. The van der Waals surface area contributed by atoms with Crippen molar-refractivity contribution >= 4 is 22.8 Å². The third-order valence-electron chi connectivity index (χ3n) is 5.11. The number of hydrogen-bond acceptors (Lipinski definition) is 5. The van der Waals surface area contributed by atoms with Crippen LogP contribution in [0.15, 0.2) is 30.5 Å². The molecule has 7 nitrogen and oxygen atoms in total. The zero-order valence-corrected chi connectivity index (χ0v) is 18.6. The van der Waals surface area contributed by atoms with Gasteiger partial charge in [0.15, 0.2) is 6.10 Å². The van der Waals surface area contributed by atoms with Crippen molar-refractivity contribution in [2.24, 2.45) is 0 Å². The summed E-state index contributed by atoms with van der Waals surface area (Å²) >= 11 is 0. The molecule has 1 N–H and O–H groups in total. The Balaban J connectivity index is 1.75. The van der Waals surface area contributed by atoms with Crippen LogP contribution in [-0.2, 0) is 19.8 Å². The fraction of sp³-hybridized carbons (Fsp3) is 0.522. The first-order valence-electron chi connectivity index (χ1n) is 10.2. The topological polar surface area (TPSA) is 80.8 Å². The minimum atomic E-state index is -0.754. The number of rotatable bonds is 3. The third-order valence-corrected chi connectivity index (χ3v) is 5.11. The maximum absolute atomic E-state index is 13.0. The number of nitrogens with zero attached hydrogens (tertiary/aromatic N) is 2. The molecule has 7 heteroatoms. The molecule has 0 aliphatic carbocycles. The quantitative estimate of drug-likeness (QED) is 0.833. The molecule has 1 fully saturated rings. The second kappa shape index (κ2) is 8.22. The Bertz CT molecular complexity index is 949. The van der Waals surface area contributed by atoms with Gasteiger partial charge in [0.2, 0.25) is 0 Å². The zero-order valence-electron chi connectivity index (χ0n) is 18.6. The molecular formula is C23H31N3O4. The van der Waals surface area contributed by atoms with E-state index in [2.05, 4.69) is 10.3 Å². The lowest BCUT2D eigenvalue weighted by molar-refractivity contribution is -0.139. The van der Waals surface area contributed by atoms with Gasteiger partial charge in [-0.3, -0.25) is 9.78 Å². The number of ether oxygens (including phenoxy) is 2. The molecule has 0 radical (unpaired) electrons. The molecule has 2 heterocycles. The maximum Gasteiger partial charge on any atom is 0.410 e. The van der Waals surface area contributed by atoms with Gasteiger partial charge >= 0.3 is 6.09 Å². The molecule has 1 aliphatic rings. The normalized spacial score (nSPS) is 17.7. The van der Waals surface area contributed by atoms with Crippen molar-refractivity contribution in [3.05, 3.63) is 41.7 Å². The molecule has 2 aromatic rings. The van der Waals surface area contributed by atoms with Crippen LogP contribution in [0, 0.1) is 6.92 Å². The molecule has 1 aromatic carbocycles. The van der Waals surface area contributed by atoms with Crippen LogP contribution in [0.2, 0.25) is 0 Å². The number of pyridine rings is 1. The SMILES string of the molecule is Cc1ncc(C(C)(C)NC(=O)[C@@H]2CN(C(=O)OC(C)(C)C)CCO2)c2ccccc12. The summed E-state index contributed by atoms with van der Waals surface area (Å²) < 4.78 is 11.1. The van der Waals surface area contributed by atoms with Gasteiger partial charge in [0.1, 0.15) is 5.60 Å². The van der Waals surface area contributed by atoms with E-state index in [0.717, 1.165) is 22.0 Å². The molecule has 0 unspecified atom stereocenters. The Morgan fingerprint density at radius 1 is 1.17 bits per heavy atom. The Kier molecular flexibility index (Phi) is 6.04. The number of amides is 2. The van der Waals surface area contributed by atoms with Crippen molar-refractivity contribution in [3.8, 4) is 0 Å². The summed E-state index contributed by atoms with van der Waals surface area (Å²) in [5.74, 6) is -0.266. The van der Waals surface area contributed by atoms with E-state index in [4.69, 9.17) is 9.47 Å². The van der Waals surface area contributed by atoms with E-state index in [1.54, 1.807) is 0 Å². The van der Waals surface area contributed by atoms with E-state index >= 15 is 0 Å². The highest BCUT2D eigenvalue weighted by Gasteiger charge is 2.35. The van der Waals surface area contributed by atoms with Gasteiger partial charge < -0.3 is 19.7 Å². The Morgan fingerprint density at radius 3 is 2.50 bits per heavy atom. The predicted molar refractivity (Wildman–Crippen MR) is 115 cm³/mol. The van der Waals surface area contributed by atoms with Crippen LogP contribution in [0.25, 0.3) is 10.8 Å². The van der Waals surface area contributed by atoms with E-state index in [-0.39, 0.29) is 19.1 Å². The predicted octanol–water partition coefficient (Wildman–Crippen LogP) is 3.53. The van der Waals surface area contributed by atoms with Crippen LogP contribution in [0.1, 0.15) is 45.9 Å². The van der Waals surface area contributed by atoms with Gasteiger partial charge in [-0.05, 0) is 46.9 Å². The number of morpholine rings is 1. The number of aromatic nitrogens is 1. The fourth-order valence-electron chi connectivity index (χ4n) is 3.59. The highest BCUT2D eigenvalue weighted by Crippen LogP contribution is 2.29. The van der Waals surface area contributed by atoms with Gasteiger partial charge in [-0.25, -0.2) is 4.79 Å². The number of nitrogens with one attached hydrogen (secondary N) is 1. The number of fused-ring (bicyclic) bond motifs is 1. The molecule has 2 amide bonds. The number of carbonyl (C=O) groups excluding carboxylic acids is 2. The Hall–Kier alpha value is -2.67. The number of hydrogen-bond donors (Lipinski definition) is 1. The molecule has 0 saturated carbocycles. The molecular weight excluding hydrogens is 382 g/mol. The summed E-state index contributed by atoms with van der Waals surface area (Å²) in [4.78, 5) is 31.4. The first-order chi connectivity index (χ1) is 14.0. The Morgan fingerprint density at radius 2 is 1.83 bits per heavy atom. The van der Waals surface area contributed by atoms with E-state index in [0.29, 0.717) is 6.54 Å². The van der Waals surface area contributed by atoms with Gasteiger partial charge in [-0.2, -0.15) is 0 Å². The van der Waals surface area contributed by atoms with E-state index in [9.17, 15) is 9.59 Å². The molecule has 0 bridgehead atoms. The van der Waals surface area contributed by atoms with Crippen molar-refractivity contribution in [1.29, 1.82) is 0 Å². The summed E-state index contributed by atoms with van der Waals surface area (Å²) in [6, 6.07) is 8.02. The van der Waals surface area contributed by atoms with Crippen molar-refractivity contribution in [3.63, 3.8) is 0 Å². The van der Waals surface area contributed by atoms with Crippen LogP contribution >= 0.6 is 0 Å². The largest absolute Gasteiger partial charge is 0.444 e. The van der Waals surface area contributed by atoms with E-state index < -0.39 is 23.3 Å². The van der Waals surface area contributed by atoms with Crippen molar-refractivity contribution < 1.29 is 19.1 Å². The molecule has 3 rings (SSSR count). The third kappa shape index (κ3) is 4.90. The van der Waals surface area contributed by atoms with Crippen LogP contribution in [0.3, 0.4) is 0 Å². The fourth-order valence-corrected chi connectivity index (χ4v) is 3.59. The smallest absolute Gasteiger partial charge is 0.410 e. The average Bonchev–Trinajstić information content (AvgIpc) is 2.66. The van der Waals surface area contributed by atoms with Gasteiger partial charge in [-0.15, -0.1) is 0 Å². The molecule has 1 atom stereocenters. The maximum atomic E-state index is 13.0. The van der Waals surface area contributed by atoms with E-state index in [1.165, 1.54) is 4.90 Å². The molecule has 30 heavy (non-hydrogen) atoms. The van der Waals surface area contributed by atoms with Crippen molar-refractivity contribution in [1.82, 2.24) is 15.2 Å². The van der Waals surface area contributed by atoms with E-state index in [1.807, 2.05) is 72.0 Å². The first kappa shape index (κ1) is 22.0. The number of carbonyl (C=O) groups is 2. The van der Waals surface area contributed by atoms with Crippen LogP contribution in [0.5, 0.6) is 0 Å². The molecule has 162 valence electrons. The lowest BCUT2D eigenvalue weighted by atomic mass is 9.90. The molecule has 1 aliphatic heterocycles. The highest BCUT2D eigenvalue weighted by molar-refractivity contribution is 5.89. The zero-order chi connectivity index (χ0) is 22.1. The summed E-state index contributed by atoms with van der Waals surface area (Å²) in [5, 5.41) is 5.19. The molecule has 1 saturated heterocycles. The molecule has 1 aromatic heterocycles. The van der Waals surface area contributed by atoms with Crippen molar-refractivity contribution in [2.75, 3.05) is 19.7 Å². The number of aryl methyl sites for hydroxylation is 1. The lowest BCUT2D eigenvalue weighted by Crippen LogP contribution is -2.55. The van der Waals surface area contributed by atoms with Crippen LogP contribution in [-0.4, -0.2) is 53.3 Å². The number of benzene rings is 1. The Labute approximate surface area is 177 Å². The summed E-state index contributed by atoms with van der Waals surface area (Å²) in [6.45, 7) is 12.1.